The van der Waals surface area contributed by atoms with Crippen molar-refractivity contribution in [3.05, 3.63) is 68.8 Å². The molecule has 0 heterocycles. The number of hydrogen-bond donors (Lipinski definition) is 0. The molecule has 2 unspecified atom stereocenters. The SMILES string of the molecule is N#Cc1ccc(C(Cl)C(Cl)c2ccc(I)cc2)cc1. The van der Waals surface area contributed by atoms with Crippen molar-refractivity contribution in [1.29, 1.82) is 5.26 Å². The maximum Gasteiger partial charge on any atom is 0.0991 e. The van der Waals surface area contributed by atoms with Crippen molar-refractivity contribution in [3.8, 4) is 6.07 Å². The van der Waals surface area contributed by atoms with E-state index in [1.54, 1.807) is 12.1 Å². The zero-order valence-corrected chi connectivity index (χ0v) is 13.5. The van der Waals surface area contributed by atoms with E-state index in [0.717, 1.165) is 14.7 Å². The van der Waals surface area contributed by atoms with Crippen LogP contribution in [-0.4, -0.2) is 0 Å². The summed E-state index contributed by atoms with van der Waals surface area (Å²) in [6.45, 7) is 0. The van der Waals surface area contributed by atoms with E-state index >= 15 is 0 Å². The van der Waals surface area contributed by atoms with Crippen LogP contribution in [0.1, 0.15) is 27.4 Å². The molecule has 96 valence electrons. The Bertz CT molecular complexity index is 587. The van der Waals surface area contributed by atoms with Gasteiger partial charge in [0.2, 0.25) is 0 Å². The Hall–Kier alpha value is -0.760. The van der Waals surface area contributed by atoms with Crippen molar-refractivity contribution in [2.75, 3.05) is 0 Å². The summed E-state index contributed by atoms with van der Waals surface area (Å²) in [5, 5.41) is 8.15. The van der Waals surface area contributed by atoms with Gasteiger partial charge in [-0.25, -0.2) is 0 Å². The molecule has 0 N–H and O–H groups in total. The third kappa shape index (κ3) is 3.62. The Morgan fingerprint density at radius 1 is 0.842 bits per heavy atom. The summed E-state index contributed by atoms with van der Waals surface area (Å²) < 4.78 is 1.16. The molecule has 0 fully saturated rings. The minimum atomic E-state index is -0.325. The van der Waals surface area contributed by atoms with Gasteiger partial charge >= 0.3 is 0 Å². The largest absolute Gasteiger partial charge is 0.192 e. The van der Waals surface area contributed by atoms with Crippen molar-refractivity contribution in [3.63, 3.8) is 0 Å². The number of rotatable bonds is 3. The molecule has 0 aromatic heterocycles. The molecule has 2 rings (SSSR count). The average Bonchev–Trinajstić information content (AvgIpc) is 2.46. The molecular formula is C15H10Cl2IN. The van der Waals surface area contributed by atoms with Gasteiger partial charge in [0, 0.05) is 3.57 Å². The van der Waals surface area contributed by atoms with Crippen LogP contribution in [0.4, 0.5) is 0 Å². The predicted molar refractivity (Wildman–Crippen MR) is 87.5 cm³/mol. The molecule has 0 radical (unpaired) electrons. The molecular weight excluding hydrogens is 392 g/mol. The zero-order chi connectivity index (χ0) is 13.8. The third-order valence-electron chi connectivity index (χ3n) is 2.80. The number of alkyl halides is 2. The standard InChI is InChI=1S/C15H10Cl2IN/c16-14(11-3-1-10(9-19)2-4-11)15(17)12-5-7-13(18)8-6-12/h1-8,14-15H. The van der Waals surface area contributed by atoms with Gasteiger partial charge < -0.3 is 0 Å². The normalized spacial score (nSPS) is 13.6. The van der Waals surface area contributed by atoms with Crippen LogP contribution >= 0.6 is 45.8 Å². The molecule has 19 heavy (non-hydrogen) atoms. The van der Waals surface area contributed by atoms with E-state index in [0.29, 0.717) is 5.56 Å². The van der Waals surface area contributed by atoms with Crippen LogP contribution in [0.5, 0.6) is 0 Å². The molecule has 2 aromatic carbocycles. The van der Waals surface area contributed by atoms with Gasteiger partial charge in [-0.15, -0.1) is 23.2 Å². The molecule has 1 nitrogen and oxygen atoms in total. The molecule has 0 aliphatic heterocycles. The summed E-state index contributed by atoms with van der Waals surface area (Å²) in [6.07, 6.45) is 0. The van der Waals surface area contributed by atoms with Gasteiger partial charge in [0.1, 0.15) is 0 Å². The minimum Gasteiger partial charge on any atom is -0.192 e. The fourth-order valence-corrected chi connectivity index (χ4v) is 2.67. The van der Waals surface area contributed by atoms with E-state index in [2.05, 4.69) is 28.7 Å². The average molecular weight is 402 g/mol. The number of nitriles is 1. The minimum absolute atomic E-state index is 0.299. The first kappa shape index (κ1) is 14.6. The highest BCUT2D eigenvalue weighted by atomic mass is 127. The number of hydrogen-bond acceptors (Lipinski definition) is 1. The maximum absolute atomic E-state index is 8.77. The monoisotopic (exact) mass is 401 g/mol. The van der Waals surface area contributed by atoms with Crippen molar-refractivity contribution >= 4 is 45.8 Å². The van der Waals surface area contributed by atoms with E-state index in [-0.39, 0.29) is 10.8 Å². The molecule has 0 amide bonds. The van der Waals surface area contributed by atoms with Crippen LogP contribution in [0.15, 0.2) is 48.5 Å². The molecule has 0 spiro atoms. The van der Waals surface area contributed by atoms with Crippen LogP contribution in [0.3, 0.4) is 0 Å². The molecule has 2 aromatic rings. The van der Waals surface area contributed by atoms with Crippen LogP contribution in [0, 0.1) is 14.9 Å². The van der Waals surface area contributed by atoms with E-state index < -0.39 is 0 Å². The quantitative estimate of drug-likeness (QED) is 0.497. The van der Waals surface area contributed by atoms with E-state index in [9.17, 15) is 0 Å². The molecule has 0 aliphatic rings. The molecule has 0 saturated heterocycles. The Morgan fingerprint density at radius 2 is 1.26 bits per heavy atom. The Kier molecular flexibility index (Phi) is 5.09. The lowest BCUT2D eigenvalue weighted by molar-refractivity contribution is 0.881. The second kappa shape index (κ2) is 6.60. The van der Waals surface area contributed by atoms with Crippen LogP contribution in [0.25, 0.3) is 0 Å². The van der Waals surface area contributed by atoms with Gasteiger partial charge in [-0.2, -0.15) is 5.26 Å². The highest BCUT2D eigenvalue weighted by molar-refractivity contribution is 14.1. The second-order valence-electron chi connectivity index (χ2n) is 4.09. The number of benzene rings is 2. The van der Waals surface area contributed by atoms with Crippen molar-refractivity contribution in [2.45, 2.75) is 10.8 Å². The number of halogens is 3. The third-order valence-corrected chi connectivity index (χ3v) is 4.66. The fourth-order valence-electron chi connectivity index (χ4n) is 1.73. The van der Waals surface area contributed by atoms with Gasteiger partial charge in [-0.1, -0.05) is 24.3 Å². The molecule has 0 saturated carbocycles. The maximum atomic E-state index is 8.77. The topological polar surface area (TPSA) is 23.8 Å². The van der Waals surface area contributed by atoms with Gasteiger partial charge in [0.25, 0.3) is 0 Å². The summed E-state index contributed by atoms with van der Waals surface area (Å²) in [5.41, 5.74) is 2.53. The summed E-state index contributed by atoms with van der Waals surface area (Å²) in [4.78, 5) is 0. The fraction of sp³-hybridized carbons (Fsp3) is 0.133. The first-order chi connectivity index (χ1) is 9.11. The van der Waals surface area contributed by atoms with Crippen LogP contribution in [0.2, 0.25) is 0 Å². The zero-order valence-electron chi connectivity index (χ0n) is 9.85. The highest BCUT2D eigenvalue weighted by Crippen LogP contribution is 2.39. The first-order valence-corrected chi connectivity index (χ1v) is 7.60. The summed E-state index contributed by atoms with van der Waals surface area (Å²) in [6, 6.07) is 17.3. The van der Waals surface area contributed by atoms with Gasteiger partial charge in [0.05, 0.1) is 22.4 Å². The summed E-state index contributed by atoms with van der Waals surface area (Å²) in [5.74, 6) is 0. The number of nitrogens with zero attached hydrogens (tertiary/aromatic N) is 1. The van der Waals surface area contributed by atoms with E-state index in [4.69, 9.17) is 28.5 Å². The second-order valence-corrected chi connectivity index (χ2v) is 6.27. The molecule has 0 aliphatic carbocycles. The lowest BCUT2D eigenvalue weighted by atomic mass is 10.0. The first-order valence-electron chi connectivity index (χ1n) is 5.65. The van der Waals surface area contributed by atoms with Gasteiger partial charge in [0.15, 0.2) is 0 Å². The van der Waals surface area contributed by atoms with E-state index in [1.165, 1.54) is 0 Å². The highest BCUT2D eigenvalue weighted by Gasteiger charge is 2.20. The van der Waals surface area contributed by atoms with Gasteiger partial charge in [-0.05, 0) is 58.0 Å². The smallest absolute Gasteiger partial charge is 0.0991 e. The molecule has 2 atom stereocenters. The van der Waals surface area contributed by atoms with Crippen LogP contribution < -0.4 is 0 Å². The van der Waals surface area contributed by atoms with Crippen molar-refractivity contribution in [1.82, 2.24) is 0 Å². The van der Waals surface area contributed by atoms with E-state index in [1.807, 2.05) is 36.4 Å². The summed E-state index contributed by atoms with van der Waals surface area (Å²) in [7, 11) is 0. The lowest BCUT2D eigenvalue weighted by Gasteiger charge is -2.17. The van der Waals surface area contributed by atoms with Gasteiger partial charge in [-0.3, -0.25) is 0 Å². The Labute approximate surface area is 136 Å². The van der Waals surface area contributed by atoms with Crippen molar-refractivity contribution < 1.29 is 0 Å². The molecule has 4 heteroatoms. The Balaban J connectivity index is 2.20. The Morgan fingerprint density at radius 3 is 1.68 bits per heavy atom. The predicted octanol–water partition coefficient (Wildman–Crippen LogP) is 5.42. The van der Waals surface area contributed by atoms with Crippen LogP contribution in [-0.2, 0) is 0 Å². The van der Waals surface area contributed by atoms with Crippen molar-refractivity contribution in [2.24, 2.45) is 0 Å². The summed E-state index contributed by atoms with van der Waals surface area (Å²) >= 11 is 15.1. The molecule has 0 bridgehead atoms. The lowest BCUT2D eigenvalue weighted by Crippen LogP contribution is -2.00.